The first-order chi connectivity index (χ1) is 9.15. The summed E-state index contributed by atoms with van der Waals surface area (Å²) < 4.78 is 0. The lowest BCUT2D eigenvalue weighted by molar-refractivity contribution is 0.0916. The molecular formula is C15H21N3O. The van der Waals surface area contributed by atoms with Gasteiger partial charge in [0.25, 0.3) is 5.91 Å². The number of nitrogens with one attached hydrogen (secondary N) is 1. The molecule has 1 amide bonds. The normalized spacial score (nSPS) is 30.3. The number of aromatic nitrogens is 1. The molecule has 4 nitrogen and oxygen atoms in total. The summed E-state index contributed by atoms with van der Waals surface area (Å²) in [5, 5.41) is 3.10. The summed E-state index contributed by atoms with van der Waals surface area (Å²) >= 11 is 0. The first kappa shape index (κ1) is 12.5. The number of nitrogens with two attached hydrogens (primary N) is 1. The number of pyridine rings is 1. The van der Waals surface area contributed by atoms with Crippen LogP contribution >= 0.6 is 0 Å². The number of hydrogen-bond donors (Lipinski definition) is 2. The van der Waals surface area contributed by atoms with Gasteiger partial charge in [-0.2, -0.15) is 0 Å². The van der Waals surface area contributed by atoms with Crippen LogP contribution in [0.3, 0.4) is 0 Å². The Labute approximate surface area is 113 Å². The Morgan fingerprint density at radius 1 is 1.47 bits per heavy atom. The predicted octanol–water partition coefficient (Wildman–Crippen LogP) is 2.22. The molecule has 102 valence electrons. The van der Waals surface area contributed by atoms with Crippen molar-refractivity contribution in [2.45, 2.75) is 38.6 Å². The second kappa shape index (κ2) is 4.83. The predicted molar refractivity (Wildman–Crippen MR) is 74.5 cm³/mol. The van der Waals surface area contributed by atoms with Crippen molar-refractivity contribution in [1.29, 1.82) is 0 Å². The average Bonchev–Trinajstić information content (AvgIpc) is 3.01. The van der Waals surface area contributed by atoms with Gasteiger partial charge in [0.2, 0.25) is 0 Å². The Morgan fingerprint density at radius 3 is 2.95 bits per heavy atom. The summed E-state index contributed by atoms with van der Waals surface area (Å²) in [6.07, 6.45) is 6.96. The summed E-state index contributed by atoms with van der Waals surface area (Å²) in [4.78, 5) is 16.2. The Hall–Kier alpha value is -1.58. The molecule has 19 heavy (non-hydrogen) atoms. The molecule has 3 N–H and O–H groups in total. The van der Waals surface area contributed by atoms with E-state index in [1.54, 1.807) is 18.3 Å². The molecule has 1 heterocycles. The van der Waals surface area contributed by atoms with Crippen molar-refractivity contribution in [3.8, 4) is 0 Å². The highest BCUT2D eigenvalue weighted by molar-refractivity contribution is 5.98. The van der Waals surface area contributed by atoms with Crippen molar-refractivity contribution < 1.29 is 4.79 Å². The van der Waals surface area contributed by atoms with Gasteiger partial charge in [0.15, 0.2) is 0 Å². The lowest BCUT2D eigenvalue weighted by Crippen LogP contribution is -2.40. The molecule has 2 aliphatic rings. The highest BCUT2D eigenvalue weighted by Gasteiger charge is 2.42. The highest BCUT2D eigenvalue weighted by atomic mass is 16.1. The molecule has 0 aliphatic heterocycles. The van der Waals surface area contributed by atoms with Crippen molar-refractivity contribution in [3.63, 3.8) is 0 Å². The molecule has 2 aliphatic carbocycles. The first-order valence-corrected chi connectivity index (χ1v) is 7.16. The average molecular weight is 259 g/mol. The van der Waals surface area contributed by atoms with Crippen molar-refractivity contribution in [3.05, 3.63) is 23.9 Å². The number of amides is 1. The molecule has 0 spiro atoms. The van der Waals surface area contributed by atoms with E-state index in [2.05, 4.69) is 17.2 Å². The van der Waals surface area contributed by atoms with Crippen LogP contribution in [0.2, 0.25) is 0 Å². The standard InChI is InChI=1S/C15H21N3O/c1-9(13-8-10-4-5-11(13)7-10)18-15(19)12-3-2-6-17-14(12)16/h2-3,6,9-11,13H,4-5,7-8H2,1H3,(H2,16,17)(H,18,19). The van der Waals surface area contributed by atoms with Crippen LogP contribution in [0.25, 0.3) is 0 Å². The zero-order chi connectivity index (χ0) is 13.4. The maximum Gasteiger partial charge on any atom is 0.255 e. The number of nitrogen functional groups attached to an aromatic ring is 1. The van der Waals surface area contributed by atoms with Crippen molar-refractivity contribution >= 4 is 11.7 Å². The number of rotatable bonds is 3. The van der Waals surface area contributed by atoms with Gasteiger partial charge in [-0.1, -0.05) is 6.42 Å². The number of nitrogens with zero attached hydrogens (tertiary/aromatic N) is 1. The van der Waals surface area contributed by atoms with E-state index in [-0.39, 0.29) is 11.9 Å². The summed E-state index contributed by atoms with van der Waals surface area (Å²) in [6, 6.07) is 3.70. The van der Waals surface area contributed by atoms with E-state index in [4.69, 9.17) is 5.73 Å². The van der Waals surface area contributed by atoms with E-state index < -0.39 is 0 Å². The molecule has 0 radical (unpaired) electrons. The maximum atomic E-state index is 12.2. The van der Waals surface area contributed by atoms with Gasteiger partial charge in [-0.15, -0.1) is 0 Å². The fourth-order valence-electron chi connectivity index (χ4n) is 3.91. The smallest absolute Gasteiger partial charge is 0.255 e. The van der Waals surface area contributed by atoms with Crippen LogP contribution in [0.5, 0.6) is 0 Å². The number of carbonyl (C=O) groups excluding carboxylic acids is 1. The lowest BCUT2D eigenvalue weighted by Gasteiger charge is -2.28. The highest BCUT2D eigenvalue weighted by Crippen LogP contribution is 2.49. The van der Waals surface area contributed by atoms with Gasteiger partial charge in [0.1, 0.15) is 5.82 Å². The monoisotopic (exact) mass is 259 g/mol. The van der Waals surface area contributed by atoms with Crippen LogP contribution in [0, 0.1) is 17.8 Å². The third kappa shape index (κ3) is 2.31. The topological polar surface area (TPSA) is 68.0 Å². The summed E-state index contributed by atoms with van der Waals surface area (Å²) in [5.74, 6) is 2.56. The van der Waals surface area contributed by atoms with Crippen LogP contribution < -0.4 is 11.1 Å². The molecule has 0 saturated heterocycles. The van der Waals surface area contributed by atoms with Gasteiger partial charge < -0.3 is 11.1 Å². The number of carbonyl (C=O) groups is 1. The maximum absolute atomic E-state index is 12.2. The Kier molecular flexibility index (Phi) is 3.17. The fourth-order valence-corrected chi connectivity index (χ4v) is 3.91. The second-order valence-electron chi connectivity index (χ2n) is 6.04. The number of fused-ring (bicyclic) bond motifs is 2. The van der Waals surface area contributed by atoms with Gasteiger partial charge in [0, 0.05) is 12.2 Å². The number of anilines is 1. The molecular weight excluding hydrogens is 238 g/mol. The van der Waals surface area contributed by atoms with Crippen molar-refractivity contribution in [2.75, 3.05) is 5.73 Å². The quantitative estimate of drug-likeness (QED) is 0.874. The van der Waals surface area contributed by atoms with Gasteiger partial charge in [-0.3, -0.25) is 4.79 Å². The zero-order valence-electron chi connectivity index (χ0n) is 11.3. The minimum absolute atomic E-state index is 0.0964. The molecule has 4 unspecified atom stereocenters. The van der Waals surface area contributed by atoms with Crippen LogP contribution in [0.4, 0.5) is 5.82 Å². The minimum atomic E-state index is -0.0964. The largest absolute Gasteiger partial charge is 0.383 e. The van der Waals surface area contributed by atoms with Gasteiger partial charge in [-0.25, -0.2) is 4.98 Å². The molecule has 4 atom stereocenters. The molecule has 4 heteroatoms. The SMILES string of the molecule is CC(NC(=O)c1cccnc1N)C1CC2CCC1C2. The molecule has 1 aromatic rings. The van der Waals surface area contributed by atoms with Gasteiger partial charge in [0.05, 0.1) is 5.56 Å². The third-order valence-electron chi connectivity index (χ3n) is 4.88. The van der Waals surface area contributed by atoms with E-state index >= 15 is 0 Å². The van der Waals surface area contributed by atoms with Gasteiger partial charge in [-0.05, 0) is 56.1 Å². The summed E-state index contributed by atoms with van der Waals surface area (Å²) in [7, 11) is 0. The summed E-state index contributed by atoms with van der Waals surface area (Å²) in [6.45, 7) is 2.12. The van der Waals surface area contributed by atoms with E-state index in [9.17, 15) is 4.79 Å². The molecule has 1 aromatic heterocycles. The minimum Gasteiger partial charge on any atom is -0.383 e. The van der Waals surface area contributed by atoms with Crippen molar-refractivity contribution in [1.82, 2.24) is 10.3 Å². The van der Waals surface area contributed by atoms with Crippen LogP contribution in [-0.4, -0.2) is 16.9 Å². The fraction of sp³-hybridized carbons (Fsp3) is 0.600. The van der Waals surface area contributed by atoms with E-state index in [0.29, 0.717) is 17.3 Å². The Bertz CT molecular complexity index is 488. The van der Waals surface area contributed by atoms with E-state index in [1.165, 1.54) is 25.7 Å². The molecule has 3 rings (SSSR count). The molecule has 2 saturated carbocycles. The van der Waals surface area contributed by atoms with Crippen LogP contribution in [0.1, 0.15) is 43.0 Å². The molecule has 2 fully saturated rings. The van der Waals surface area contributed by atoms with Crippen LogP contribution in [0.15, 0.2) is 18.3 Å². The van der Waals surface area contributed by atoms with Gasteiger partial charge >= 0.3 is 0 Å². The molecule has 2 bridgehead atoms. The molecule has 0 aromatic carbocycles. The van der Waals surface area contributed by atoms with Crippen LogP contribution in [-0.2, 0) is 0 Å². The van der Waals surface area contributed by atoms with E-state index in [1.807, 2.05) is 0 Å². The zero-order valence-corrected chi connectivity index (χ0v) is 11.3. The van der Waals surface area contributed by atoms with Crippen molar-refractivity contribution in [2.24, 2.45) is 17.8 Å². The Morgan fingerprint density at radius 2 is 2.32 bits per heavy atom. The Balaban J connectivity index is 1.65. The lowest BCUT2D eigenvalue weighted by atomic mass is 9.84. The number of hydrogen-bond acceptors (Lipinski definition) is 3. The first-order valence-electron chi connectivity index (χ1n) is 7.16. The second-order valence-corrected chi connectivity index (χ2v) is 6.04. The summed E-state index contributed by atoms with van der Waals surface area (Å²) in [5.41, 5.74) is 6.22. The third-order valence-corrected chi connectivity index (χ3v) is 4.88. The van der Waals surface area contributed by atoms with E-state index in [0.717, 1.165) is 11.8 Å².